The third-order valence-electron chi connectivity index (χ3n) is 2.58. The van der Waals surface area contributed by atoms with Gasteiger partial charge in [-0.1, -0.05) is 0 Å². The van der Waals surface area contributed by atoms with E-state index in [4.69, 9.17) is 0 Å². The smallest absolute Gasteiger partial charge is 0.0285 e. The standard InChI is InChI=1S/C10H14BrNS/c11-9-5-10(13-7-9)2-1-8-3-4-12-6-8/h5,7-8,12H,1-4,6H2. The Morgan fingerprint density at radius 3 is 3.15 bits per heavy atom. The van der Waals surface area contributed by atoms with E-state index in [1.165, 1.54) is 41.7 Å². The Labute approximate surface area is 91.7 Å². The maximum Gasteiger partial charge on any atom is 0.0285 e. The largest absolute Gasteiger partial charge is 0.316 e. The molecular formula is C10H14BrNS. The monoisotopic (exact) mass is 259 g/mol. The van der Waals surface area contributed by atoms with Crippen LogP contribution in [0.4, 0.5) is 0 Å². The van der Waals surface area contributed by atoms with Crippen LogP contribution in [0.2, 0.25) is 0 Å². The Morgan fingerprint density at radius 2 is 2.54 bits per heavy atom. The minimum atomic E-state index is 0.917. The lowest BCUT2D eigenvalue weighted by Gasteiger charge is -2.05. The van der Waals surface area contributed by atoms with E-state index >= 15 is 0 Å². The Morgan fingerprint density at radius 1 is 1.62 bits per heavy atom. The minimum Gasteiger partial charge on any atom is -0.316 e. The van der Waals surface area contributed by atoms with Gasteiger partial charge in [-0.15, -0.1) is 11.3 Å². The summed E-state index contributed by atoms with van der Waals surface area (Å²) in [6.45, 7) is 2.45. The van der Waals surface area contributed by atoms with E-state index in [0.717, 1.165) is 5.92 Å². The highest BCUT2D eigenvalue weighted by Crippen LogP contribution is 2.23. The highest BCUT2D eigenvalue weighted by Gasteiger charge is 2.14. The lowest BCUT2D eigenvalue weighted by Crippen LogP contribution is -2.09. The summed E-state index contributed by atoms with van der Waals surface area (Å²) in [5.74, 6) is 0.917. The van der Waals surface area contributed by atoms with Gasteiger partial charge in [0, 0.05) is 14.7 Å². The molecule has 3 heteroatoms. The van der Waals surface area contributed by atoms with E-state index in [-0.39, 0.29) is 0 Å². The summed E-state index contributed by atoms with van der Waals surface area (Å²) in [5, 5.41) is 5.58. The lowest BCUT2D eigenvalue weighted by molar-refractivity contribution is 0.535. The molecule has 2 heterocycles. The van der Waals surface area contributed by atoms with Crippen LogP contribution >= 0.6 is 27.3 Å². The molecule has 1 fully saturated rings. The van der Waals surface area contributed by atoms with Crippen molar-refractivity contribution >= 4 is 27.3 Å². The summed E-state index contributed by atoms with van der Waals surface area (Å²) in [5.41, 5.74) is 0. The van der Waals surface area contributed by atoms with Gasteiger partial charge >= 0.3 is 0 Å². The molecular weight excluding hydrogens is 246 g/mol. The maximum atomic E-state index is 3.48. The molecule has 1 aromatic heterocycles. The molecule has 0 radical (unpaired) electrons. The van der Waals surface area contributed by atoms with Crippen molar-refractivity contribution in [3.05, 3.63) is 20.8 Å². The van der Waals surface area contributed by atoms with E-state index in [1.807, 2.05) is 11.3 Å². The van der Waals surface area contributed by atoms with Crippen LogP contribution in [0, 0.1) is 5.92 Å². The van der Waals surface area contributed by atoms with Crippen molar-refractivity contribution in [2.45, 2.75) is 19.3 Å². The van der Waals surface area contributed by atoms with E-state index in [1.54, 1.807) is 0 Å². The second-order valence-corrected chi connectivity index (χ2v) is 5.54. The predicted molar refractivity (Wildman–Crippen MR) is 61.3 cm³/mol. The van der Waals surface area contributed by atoms with Crippen LogP contribution in [0.15, 0.2) is 15.9 Å². The van der Waals surface area contributed by atoms with Gasteiger partial charge in [0.1, 0.15) is 0 Å². The summed E-state index contributed by atoms with van der Waals surface area (Å²) < 4.78 is 1.23. The van der Waals surface area contributed by atoms with Crippen molar-refractivity contribution in [1.29, 1.82) is 0 Å². The molecule has 13 heavy (non-hydrogen) atoms. The van der Waals surface area contributed by atoms with Crippen molar-refractivity contribution in [1.82, 2.24) is 5.32 Å². The number of hydrogen-bond donors (Lipinski definition) is 1. The van der Waals surface area contributed by atoms with Gasteiger partial charge < -0.3 is 5.32 Å². The highest BCUT2D eigenvalue weighted by atomic mass is 79.9. The lowest BCUT2D eigenvalue weighted by atomic mass is 10.0. The van der Waals surface area contributed by atoms with Gasteiger partial charge in [-0.2, -0.15) is 0 Å². The van der Waals surface area contributed by atoms with Crippen LogP contribution in [-0.4, -0.2) is 13.1 Å². The van der Waals surface area contributed by atoms with Crippen LogP contribution in [0.1, 0.15) is 17.7 Å². The number of hydrogen-bond acceptors (Lipinski definition) is 2. The van der Waals surface area contributed by atoms with Gasteiger partial charge in [-0.3, -0.25) is 0 Å². The van der Waals surface area contributed by atoms with Crippen LogP contribution < -0.4 is 5.32 Å². The fourth-order valence-electron chi connectivity index (χ4n) is 1.79. The third-order valence-corrected chi connectivity index (χ3v) is 4.34. The zero-order valence-electron chi connectivity index (χ0n) is 7.55. The molecule has 1 aliphatic rings. The average Bonchev–Trinajstić information content (AvgIpc) is 2.71. The highest BCUT2D eigenvalue weighted by molar-refractivity contribution is 9.10. The molecule has 1 aliphatic heterocycles. The number of rotatable bonds is 3. The summed E-state index contributed by atoms with van der Waals surface area (Å²) >= 11 is 5.35. The van der Waals surface area contributed by atoms with Crippen LogP contribution in [-0.2, 0) is 6.42 Å². The van der Waals surface area contributed by atoms with Crippen molar-refractivity contribution in [2.75, 3.05) is 13.1 Å². The second kappa shape index (κ2) is 4.58. The molecule has 1 aromatic rings. The number of halogens is 1. The average molecular weight is 260 g/mol. The topological polar surface area (TPSA) is 12.0 Å². The van der Waals surface area contributed by atoms with Gasteiger partial charge in [0.25, 0.3) is 0 Å². The van der Waals surface area contributed by atoms with E-state index in [2.05, 4.69) is 32.7 Å². The molecule has 0 aliphatic carbocycles. The molecule has 72 valence electrons. The fraction of sp³-hybridized carbons (Fsp3) is 0.600. The molecule has 2 rings (SSSR count). The SMILES string of the molecule is Brc1csc(CCC2CCNC2)c1. The fourth-order valence-corrected chi connectivity index (χ4v) is 3.26. The van der Waals surface area contributed by atoms with Gasteiger partial charge in [-0.25, -0.2) is 0 Å². The molecule has 0 saturated carbocycles. The van der Waals surface area contributed by atoms with Gasteiger partial charge in [0.15, 0.2) is 0 Å². The van der Waals surface area contributed by atoms with Crippen molar-refractivity contribution < 1.29 is 0 Å². The first-order valence-corrected chi connectivity index (χ1v) is 6.45. The van der Waals surface area contributed by atoms with Crippen LogP contribution in [0.3, 0.4) is 0 Å². The molecule has 1 nitrogen and oxygen atoms in total. The second-order valence-electron chi connectivity index (χ2n) is 3.63. The quantitative estimate of drug-likeness (QED) is 0.880. The summed E-state index contributed by atoms with van der Waals surface area (Å²) in [4.78, 5) is 1.51. The summed E-state index contributed by atoms with van der Waals surface area (Å²) in [6, 6.07) is 2.24. The molecule has 1 unspecified atom stereocenters. The molecule has 1 atom stereocenters. The Bertz CT molecular complexity index is 266. The molecule has 0 amide bonds. The number of thiophene rings is 1. The molecule has 0 aromatic carbocycles. The van der Waals surface area contributed by atoms with Gasteiger partial charge in [-0.05, 0) is 60.3 Å². The maximum absolute atomic E-state index is 3.48. The van der Waals surface area contributed by atoms with E-state index in [9.17, 15) is 0 Å². The van der Waals surface area contributed by atoms with E-state index in [0.29, 0.717) is 0 Å². The van der Waals surface area contributed by atoms with Crippen molar-refractivity contribution in [3.8, 4) is 0 Å². The van der Waals surface area contributed by atoms with Crippen LogP contribution in [0.25, 0.3) is 0 Å². The van der Waals surface area contributed by atoms with Crippen molar-refractivity contribution in [2.24, 2.45) is 5.92 Å². The first-order chi connectivity index (χ1) is 6.34. The zero-order chi connectivity index (χ0) is 9.10. The molecule has 0 spiro atoms. The first kappa shape index (κ1) is 9.69. The first-order valence-electron chi connectivity index (χ1n) is 4.78. The number of aryl methyl sites for hydroxylation is 1. The Balaban J connectivity index is 1.78. The summed E-state index contributed by atoms with van der Waals surface area (Å²) in [7, 11) is 0. The van der Waals surface area contributed by atoms with Gasteiger partial charge in [0.2, 0.25) is 0 Å². The van der Waals surface area contributed by atoms with Gasteiger partial charge in [0.05, 0.1) is 0 Å². The number of nitrogens with one attached hydrogen (secondary N) is 1. The van der Waals surface area contributed by atoms with Crippen LogP contribution in [0.5, 0.6) is 0 Å². The summed E-state index contributed by atoms with van der Waals surface area (Å²) in [6.07, 6.45) is 3.97. The van der Waals surface area contributed by atoms with E-state index < -0.39 is 0 Å². The Hall–Kier alpha value is 0.140. The molecule has 0 bridgehead atoms. The normalized spacial score (nSPS) is 22.4. The molecule has 1 N–H and O–H groups in total. The molecule has 1 saturated heterocycles. The Kier molecular flexibility index (Phi) is 3.41. The zero-order valence-corrected chi connectivity index (χ0v) is 9.96. The predicted octanol–water partition coefficient (Wildman–Crippen LogP) is 3.05. The minimum absolute atomic E-state index is 0.917. The third kappa shape index (κ3) is 2.79. The van der Waals surface area contributed by atoms with Crippen molar-refractivity contribution in [3.63, 3.8) is 0 Å².